The minimum atomic E-state index is -0.319. The molecule has 1 N–H and O–H groups in total. The standard InChI is InChI=1S/C19H27N3O3/c1-14-9-15(2)11-16(10-14)20-18(23)22-12-17(13-22)21-5-3-19(4-6-21)24-7-8-25-19/h9-11,17H,3-8,12-13H2,1-2H3,(H,20,23). The molecule has 136 valence electrons. The van der Waals surface area contributed by atoms with Gasteiger partial charge in [-0.1, -0.05) is 6.07 Å². The Balaban J connectivity index is 1.25. The smallest absolute Gasteiger partial charge is 0.321 e. The van der Waals surface area contributed by atoms with Gasteiger partial charge in [-0.25, -0.2) is 4.79 Å². The number of aryl methyl sites for hydroxylation is 2. The first kappa shape index (κ1) is 16.8. The molecule has 1 aromatic rings. The van der Waals surface area contributed by atoms with Gasteiger partial charge in [0, 0.05) is 50.7 Å². The minimum Gasteiger partial charge on any atom is -0.347 e. The molecular weight excluding hydrogens is 318 g/mol. The van der Waals surface area contributed by atoms with E-state index in [1.165, 1.54) is 0 Å². The van der Waals surface area contributed by atoms with Gasteiger partial charge in [-0.3, -0.25) is 4.90 Å². The molecule has 0 aliphatic carbocycles. The zero-order valence-electron chi connectivity index (χ0n) is 15.1. The molecule has 0 aromatic heterocycles. The minimum absolute atomic E-state index is 0.00260. The number of hydrogen-bond acceptors (Lipinski definition) is 4. The van der Waals surface area contributed by atoms with Crippen LogP contribution in [0, 0.1) is 13.8 Å². The molecule has 0 atom stereocenters. The molecule has 0 unspecified atom stereocenters. The fraction of sp³-hybridized carbons (Fsp3) is 0.632. The quantitative estimate of drug-likeness (QED) is 0.894. The van der Waals surface area contributed by atoms with Crippen LogP contribution in [0.1, 0.15) is 24.0 Å². The lowest BCUT2D eigenvalue weighted by Crippen LogP contribution is -2.64. The maximum atomic E-state index is 12.4. The highest BCUT2D eigenvalue weighted by molar-refractivity contribution is 5.90. The van der Waals surface area contributed by atoms with E-state index in [0.717, 1.165) is 69.0 Å². The second kappa shape index (κ2) is 6.59. The van der Waals surface area contributed by atoms with Gasteiger partial charge in [0.1, 0.15) is 0 Å². The van der Waals surface area contributed by atoms with Crippen LogP contribution < -0.4 is 5.32 Å². The van der Waals surface area contributed by atoms with E-state index in [1.54, 1.807) is 0 Å². The van der Waals surface area contributed by atoms with Gasteiger partial charge < -0.3 is 19.7 Å². The summed E-state index contributed by atoms with van der Waals surface area (Å²) in [6.45, 7) is 9.09. The van der Waals surface area contributed by atoms with E-state index in [2.05, 4.69) is 16.3 Å². The SMILES string of the molecule is Cc1cc(C)cc(NC(=O)N2CC(N3CCC4(CC3)OCCO4)C2)c1. The molecule has 0 radical (unpaired) electrons. The summed E-state index contributed by atoms with van der Waals surface area (Å²) >= 11 is 0. The van der Waals surface area contributed by atoms with Gasteiger partial charge in [-0.2, -0.15) is 0 Å². The van der Waals surface area contributed by atoms with E-state index in [4.69, 9.17) is 9.47 Å². The predicted octanol–water partition coefficient (Wildman–Crippen LogP) is 2.36. The Morgan fingerprint density at radius 3 is 2.28 bits per heavy atom. The number of carbonyl (C=O) groups is 1. The van der Waals surface area contributed by atoms with Gasteiger partial charge in [0.2, 0.25) is 0 Å². The fourth-order valence-electron chi connectivity index (χ4n) is 4.12. The lowest BCUT2D eigenvalue weighted by atomic mass is 9.99. The summed E-state index contributed by atoms with van der Waals surface area (Å²) in [4.78, 5) is 16.8. The lowest BCUT2D eigenvalue weighted by molar-refractivity contribution is -0.190. The first-order valence-corrected chi connectivity index (χ1v) is 9.19. The zero-order valence-corrected chi connectivity index (χ0v) is 15.1. The molecule has 4 rings (SSSR count). The molecule has 0 saturated carbocycles. The van der Waals surface area contributed by atoms with E-state index in [-0.39, 0.29) is 11.8 Å². The number of nitrogens with zero attached hydrogens (tertiary/aromatic N) is 2. The normalized spacial score (nSPS) is 23.7. The fourth-order valence-corrected chi connectivity index (χ4v) is 4.12. The van der Waals surface area contributed by atoms with E-state index in [9.17, 15) is 4.79 Å². The van der Waals surface area contributed by atoms with Crippen molar-refractivity contribution in [2.45, 2.75) is 38.5 Å². The van der Waals surface area contributed by atoms with Gasteiger partial charge in [0.15, 0.2) is 5.79 Å². The molecule has 3 fully saturated rings. The second-order valence-corrected chi connectivity index (χ2v) is 7.51. The van der Waals surface area contributed by atoms with Crippen LogP contribution in [0.15, 0.2) is 18.2 Å². The number of urea groups is 1. The van der Waals surface area contributed by atoms with E-state index >= 15 is 0 Å². The molecule has 1 spiro atoms. The van der Waals surface area contributed by atoms with Gasteiger partial charge >= 0.3 is 6.03 Å². The number of amides is 2. The molecule has 3 heterocycles. The third-order valence-electron chi connectivity index (χ3n) is 5.51. The largest absolute Gasteiger partial charge is 0.347 e. The van der Waals surface area contributed by atoms with Gasteiger partial charge in [-0.05, 0) is 37.1 Å². The van der Waals surface area contributed by atoms with Crippen LogP contribution in [0.5, 0.6) is 0 Å². The van der Waals surface area contributed by atoms with Crippen molar-refractivity contribution in [1.29, 1.82) is 0 Å². The average molecular weight is 345 g/mol. The topological polar surface area (TPSA) is 54.0 Å². The summed E-state index contributed by atoms with van der Waals surface area (Å²) in [7, 11) is 0. The van der Waals surface area contributed by atoms with Crippen LogP contribution in [-0.2, 0) is 9.47 Å². The summed E-state index contributed by atoms with van der Waals surface area (Å²) in [5.41, 5.74) is 3.20. The summed E-state index contributed by atoms with van der Waals surface area (Å²) in [6, 6.07) is 6.58. The number of nitrogens with one attached hydrogen (secondary N) is 1. The van der Waals surface area contributed by atoms with Gasteiger partial charge in [0.05, 0.1) is 13.2 Å². The van der Waals surface area contributed by atoms with Crippen molar-refractivity contribution < 1.29 is 14.3 Å². The monoisotopic (exact) mass is 345 g/mol. The number of rotatable bonds is 2. The third-order valence-corrected chi connectivity index (χ3v) is 5.51. The van der Waals surface area contributed by atoms with E-state index in [1.807, 2.05) is 30.9 Å². The molecule has 2 amide bonds. The van der Waals surface area contributed by atoms with Crippen LogP contribution in [0.25, 0.3) is 0 Å². The van der Waals surface area contributed by atoms with Crippen molar-refractivity contribution >= 4 is 11.7 Å². The Morgan fingerprint density at radius 1 is 1.08 bits per heavy atom. The molecular formula is C19H27N3O3. The molecule has 1 aromatic carbocycles. The van der Waals surface area contributed by atoms with Crippen LogP contribution >= 0.6 is 0 Å². The van der Waals surface area contributed by atoms with Crippen molar-refractivity contribution in [3.8, 4) is 0 Å². The lowest BCUT2D eigenvalue weighted by Gasteiger charge is -2.48. The summed E-state index contributed by atoms with van der Waals surface area (Å²) in [5.74, 6) is -0.319. The number of anilines is 1. The highest BCUT2D eigenvalue weighted by Crippen LogP contribution is 2.33. The summed E-state index contributed by atoms with van der Waals surface area (Å²) in [6.07, 6.45) is 1.86. The first-order valence-electron chi connectivity index (χ1n) is 9.19. The first-order chi connectivity index (χ1) is 12.0. The molecule has 0 bridgehead atoms. The number of carbonyl (C=O) groups excluding carboxylic acids is 1. The van der Waals surface area contributed by atoms with Crippen molar-refractivity contribution in [1.82, 2.24) is 9.80 Å². The van der Waals surface area contributed by atoms with Gasteiger partial charge in [-0.15, -0.1) is 0 Å². The molecule has 6 nitrogen and oxygen atoms in total. The number of likely N-dealkylation sites (tertiary alicyclic amines) is 2. The van der Waals surface area contributed by atoms with Gasteiger partial charge in [0.25, 0.3) is 0 Å². The van der Waals surface area contributed by atoms with Crippen molar-refractivity contribution in [3.63, 3.8) is 0 Å². The highest BCUT2D eigenvalue weighted by atomic mass is 16.7. The summed E-state index contributed by atoms with van der Waals surface area (Å²) in [5, 5.41) is 3.02. The zero-order chi connectivity index (χ0) is 17.4. The van der Waals surface area contributed by atoms with Crippen molar-refractivity contribution in [2.75, 3.05) is 44.7 Å². The number of piperidine rings is 1. The summed E-state index contributed by atoms with van der Waals surface area (Å²) < 4.78 is 11.6. The Morgan fingerprint density at radius 2 is 1.68 bits per heavy atom. The number of hydrogen-bond donors (Lipinski definition) is 1. The van der Waals surface area contributed by atoms with Crippen molar-refractivity contribution in [2.24, 2.45) is 0 Å². The number of benzene rings is 1. The molecule has 3 aliphatic heterocycles. The predicted molar refractivity (Wildman–Crippen MR) is 95.7 cm³/mol. The van der Waals surface area contributed by atoms with E-state index < -0.39 is 0 Å². The molecule has 3 aliphatic rings. The second-order valence-electron chi connectivity index (χ2n) is 7.51. The van der Waals surface area contributed by atoms with Crippen LogP contribution in [-0.4, -0.2) is 67.1 Å². The maximum Gasteiger partial charge on any atom is 0.321 e. The molecule has 6 heteroatoms. The van der Waals surface area contributed by atoms with Crippen LogP contribution in [0.4, 0.5) is 10.5 Å². The Bertz CT molecular complexity index is 621. The Labute approximate surface area is 149 Å². The molecule has 25 heavy (non-hydrogen) atoms. The van der Waals surface area contributed by atoms with E-state index in [0.29, 0.717) is 6.04 Å². The highest BCUT2D eigenvalue weighted by Gasteiger charge is 2.43. The third kappa shape index (κ3) is 3.52. The maximum absolute atomic E-state index is 12.4. The Hall–Kier alpha value is -1.63. The average Bonchev–Trinajstić information content (AvgIpc) is 2.95. The van der Waals surface area contributed by atoms with Crippen LogP contribution in [0.3, 0.4) is 0 Å². The number of ether oxygens (including phenoxy) is 2. The van der Waals surface area contributed by atoms with Crippen LogP contribution in [0.2, 0.25) is 0 Å². The van der Waals surface area contributed by atoms with Crippen molar-refractivity contribution in [3.05, 3.63) is 29.3 Å². The Kier molecular flexibility index (Phi) is 4.43. The molecule has 3 saturated heterocycles.